The molecule has 0 saturated carbocycles. The van der Waals surface area contributed by atoms with Crippen molar-refractivity contribution >= 4 is 17.9 Å². The molecule has 1 N–H and O–H groups in total. The van der Waals surface area contributed by atoms with Gasteiger partial charge in [-0.3, -0.25) is 14.6 Å². The van der Waals surface area contributed by atoms with Gasteiger partial charge in [0.05, 0.1) is 12.5 Å². The number of carbonyl (C=O) groups is 3. The number of hydrogen-bond acceptors (Lipinski definition) is 5. The average Bonchev–Trinajstić information content (AvgIpc) is 2.74. The lowest BCUT2D eigenvalue weighted by Crippen LogP contribution is -2.49. The zero-order valence-electron chi connectivity index (χ0n) is 21.0. The summed E-state index contributed by atoms with van der Waals surface area (Å²) in [5.41, 5.74) is -0.119. The summed E-state index contributed by atoms with van der Waals surface area (Å²) in [5.74, 6) is -0.136. The number of ether oxygens (including phenoxy) is 1. The Labute approximate surface area is 198 Å². The molecule has 3 amide bonds. The molecule has 33 heavy (non-hydrogen) atoms. The summed E-state index contributed by atoms with van der Waals surface area (Å²) in [6.45, 7) is 13.7. The van der Waals surface area contributed by atoms with Crippen LogP contribution < -0.4 is 5.32 Å². The van der Waals surface area contributed by atoms with E-state index in [0.29, 0.717) is 39.1 Å². The summed E-state index contributed by atoms with van der Waals surface area (Å²) in [4.78, 5) is 45.5. The second-order valence-electron chi connectivity index (χ2n) is 10.7. The molecule has 0 aliphatic carbocycles. The molecule has 1 aliphatic heterocycles. The van der Waals surface area contributed by atoms with Crippen LogP contribution in [0, 0.1) is 11.3 Å². The zero-order chi connectivity index (χ0) is 24.6. The topological polar surface area (TPSA) is 91.8 Å². The highest BCUT2D eigenvalue weighted by Gasteiger charge is 2.33. The van der Waals surface area contributed by atoms with E-state index in [0.717, 1.165) is 18.4 Å². The number of rotatable bonds is 7. The van der Waals surface area contributed by atoms with Gasteiger partial charge >= 0.3 is 6.09 Å². The van der Waals surface area contributed by atoms with Crippen molar-refractivity contribution in [2.75, 3.05) is 26.2 Å². The highest BCUT2D eigenvalue weighted by Crippen LogP contribution is 2.23. The maximum absolute atomic E-state index is 12.7. The van der Waals surface area contributed by atoms with Gasteiger partial charge in [-0.1, -0.05) is 26.8 Å². The van der Waals surface area contributed by atoms with Crippen LogP contribution in [0.15, 0.2) is 24.5 Å². The zero-order valence-corrected chi connectivity index (χ0v) is 21.0. The highest BCUT2D eigenvalue weighted by molar-refractivity contribution is 5.83. The number of aromatic nitrogens is 1. The first-order valence-electron chi connectivity index (χ1n) is 11.8. The SMILES string of the molecule is CC(C)(C)OC(=O)N(CCCNC(=O)C1CCCN(C(=O)C(C)(C)C)C1)Cc1cccnc1. The van der Waals surface area contributed by atoms with Gasteiger partial charge in [-0.2, -0.15) is 0 Å². The van der Waals surface area contributed by atoms with Crippen molar-refractivity contribution in [1.29, 1.82) is 0 Å². The number of pyridine rings is 1. The highest BCUT2D eigenvalue weighted by atomic mass is 16.6. The first kappa shape index (κ1) is 26.6. The van der Waals surface area contributed by atoms with E-state index >= 15 is 0 Å². The van der Waals surface area contributed by atoms with Gasteiger partial charge in [-0.15, -0.1) is 0 Å². The Hall–Kier alpha value is -2.64. The van der Waals surface area contributed by atoms with Crippen LogP contribution in [0.4, 0.5) is 4.79 Å². The predicted octanol–water partition coefficient (Wildman–Crippen LogP) is 3.61. The fourth-order valence-electron chi connectivity index (χ4n) is 3.75. The van der Waals surface area contributed by atoms with Crippen molar-refractivity contribution in [1.82, 2.24) is 20.1 Å². The maximum Gasteiger partial charge on any atom is 0.410 e. The van der Waals surface area contributed by atoms with E-state index in [1.807, 2.05) is 58.6 Å². The molecule has 8 heteroatoms. The largest absolute Gasteiger partial charge is 0.444 e. The lowest BCUT2D eigenvalue weighted by Gasteiger charge is -2.36. The van der Waals surface area contributed by atoms with E-state index in [2.05, 4.69) is 10.3 Å². The Morgan fingerprint density at radius 1 is 1.21 bits per heavy atom. The van der Waals surface area contributed by atoms with Gasteiger partial charge in [0.25, 0.3) is 0 Å². The summed E-state index contributed by atoms with van der Waals surface area (Å²) in [6.07, 6.45) is 5.25. The maximum atomic E-state index is 12.7. The van der Waals surface area contributed by atoms with Gasteiger partial charge in [0.1, 0.15) is 5.60 Å². The van der Waals surface area contributed by atoms with Crippen LogP contribution in [0.25, 0.3) is 0 Å². The second-order valence-corrected chi connectivity index (χ2v) is 10.7. The standard InChI is InChI=1S/C25H40N4O4/c1-24(2,3)22(31)28-14-8-11-20(18-28)21(30)27-13-9-15-29(23(32)33-25(4,5)6)17-19-10-7-12-26-16-19/h7,10,12,16,20H,8-9,11,13-15,17-18H2,1-6H3,(H,27,30). The van der Waals surface area contributed by atoms with Crippen molar-refractivity contribution in [3.8, 4) is 0 Å². The van der Waals surface area contributed by atoms with E-state index in [4.69, 9.17) is 4.74 Å². The molecule has 1 saturated heterocycles. The van der Waals surface area contributed by atoms with Crippen LogP contribution in [-0.4, -0.2) is 64.5 Å². The summed E-state index contributed by atoms with van der Waals surface area (Å²) >= 11 is 0. The number of nitrogens with zero attached hydrogens (tertiary/aromatic N) is 3. The van der Waals surface area contributed by atoms with E-state index < -0.39 is 11.0 Å². The summed E-state index contributed by atoms with van der Waals surface area (Å²) < 4.78 is 5.55. The summed E-state index contributed by atoms with van der Waals surface area (Å²) in [5, 5.41) is 2.99. The quantitative estimate of drug-likeness (QED) is 0.628. The molecule has 1 unspecified atom stereocenters. The van der Waals surface area contributed by atoms with E-state index in [9.17, 15) is 14.4 Å². The van der Waals surface area contributed by atoms with Crippen molar-refractivity contribution in [2.24, 2.45) is 11.3 Å². The molecule has 0 bridgehead atoms. The average molecular weight is 461 g/mol. The van der Waals surface area contributed by atoms with Crippen LogP contribution in [-0.2, 0) is 20.9 Å². The smallest absolute Gasteiger partial charge is 0.410 e. The molecule has 1 aromatic heterocycles. The van der Waals surface area contributed by atoms with Crippen LogP contribution in [0.3, 0.4) is 0 Å². The monoisotopic (exact) mass is 460 g/mol. The molecule has 0 radical (unpaired) electrons. The molecule has 184 valence electrons. The number of likely N-dealkylation sites (tertiary alicyclic amines) is 1. The van der Waals surface area contributed by atoms with Gasteiger partial charge in [-0.05, 0) is 51.7 Å². The van der Waals surface area contributed by atoms with E-state index in [1.54, 1.807) is 17.3 Å². The third-order valence-corrected chi connectivity index (χ3v) is 5.37. The summed E-state index contributed by atoms with van der Waals surface area (Å²) in [6, 6.07) is 3.75. The van der Waals surface area contributed by atoms with Crippen LogP contribution >= 0.6 is 0 Å². The lowest BCUT2D eigenvalue weighted by molar-refractivity contribution is -0.142. The van der Waals surface area contributed by atoms with Gasteiger partial charge < -0.3 is 19.9 Å². The molecule has 1 aliphatic rings. The van der Waals surface area contributed by atoms with Crippen LogP contribution in [0.1, 0.15) is 66.4 Å². The Balaban J connectivity index is 1.86. The van der Waals surface area contributed by atoms with Crippen LogP contribution in [0.5, 0.6) is 0 Å². The van der Waals surface area contributed by atoms with Crippen molar-refractivity contribution in [2.45, 2.75) is 73.0 Å². The molecule has 0 spiro atoms. The molecule has 2 heterocycles. The molecular weight excluding hydrogens is 420 g/mol. The molecule has 1 atom stereocenters. The molecule has 2 rings (SSSR count). The van der Waals surface area contributed by atoms with Crippen LogP contribution in [0.2, 0.25) is 0 Å². The van der Waals surface area contributed by atoms with Gasteiger partial charge in [0, 0.05) is 44.0 Å². The minimum atomic E-state index is -0.587. The van der Waals surface area contributed by atoms with E-state index in [1.165, 1.54) is 0 Å². The molecular formula is C25H40N4O4. The Morgan fingerprint density at radius 2 is 1.94 bits per heavy atom. The normalized spacial score (nSPS) is 16.8. The van der Waals surface area contributed by atoms with Crippen molar-refractivity contribution in [3.63, 3.8) is 0 Å². The minimum Gasteiger partial charge on any atom is -0.444 e. The third kappa shape index (κ3) is 9.02. The van der Waals surface area contributed by atoms with Gasteiger partial charge in [0.15, 0.2) is 0 Å². The molecule has 8 nitrogen and oxygen atoms in total. The second kappa shape index (κ2) is 11.5. The Bertz CT molecular complexity index is 799. The number of hydrogen-bond donors (Lipinski definition) is 1. The number of piperidine rings is 1. The molecule has 1 fully saturated rings. The molecule has 0 aromatic carbocycles. The first-order chi connectivity index (χ1) is 15.4. The predicted molar refractivity (Wildman–Crippen MR) is 127 cm³/mol. The Kier molecular flexibility index (Phi) is 9.25. The number of carbonyl (C=O) groups excluding carboxylic acids is 3. The van der Waals surface area contributed by atoms with Gasteiger partial charge in [0.2, 0.25) is 11.8 Å². The van der Waals surface area contributed by atoms with Crippen molar-refractivity contribution in [3.05, 3.63) is 30.1 Å². The molecule has 1 aromatic rings. The summed E-state index contributed by atoms with van der Waals surface area (Å²) in [7, 11) is 0. The number of amides is 3. The third-order valence-electron chi connectivity index (χ3n) is 5.37. The van der Waals surface area contributed by atoms with Crippen molar-refractivity contribution < 1.29 is 19.1 Å². The fourth-order valence-corrected chi connectivity index (χ4v) is 3.75. The van der Waals surface area contributed by atoms with Gasteiger partial charge in [-0.25, -0.2) is 4.79 Å². The lowest BCUT2D eigenvalue weighted by atomic mass is 9.91. The Morgan fingerprint density at radius 3 is 2.55 bits per heavy atom. The minimum absolute atomic E-state index is 0.0301. The fraction of sp³-hybridized carbons (Fsp3) is 0.680. The van der Waals surface area contributed by atoms with E-state index in [-0.39, 0.29) is 23.8 Å². The number of nitrogens with one attached hydrogen (secondary N) is 1. The first-order valence-corrected chi connectivity index (χ1v) is 11.8.